The van der Waals surface area contributed by atoms with Gasteiger partial charge in [0.25, 0.3) is 0 Å². The third-order valence-corrected chi connectivity index (χ3v) is 2.48. The second-order valence-corrected chi connectivity index (χ2v) is 3.55. The van der Waals surface area contributed by atoms with E-state index < -0.39 is 0 Å². The Balaban J connectivity index is 2.90. The number of ether oxygens (including phenoxy) is 2. The monoisotopic (exact) mass is 218 g/mol. The van der Waals surface area contributed by atoms with Crippen molar-refractivity contribution >= 4 is 16.6 Å². The van der Waals surface area contributed by atoms with Crippen molar-refractivity contribution in [1.82, 2.24) is 4.98 Å². The smallest absolute Gasteiger partial charge is 0.145 e. The molecular weight excluding hydrogens is 204 g/mol. The lowest BCUT2D eigenvalue weighted by Crippen LogP contribution is -1.97. The van der Waals surface area contributed by atoms with E-state index in [1.165, 1.54) is 0 Å². The van der Waals surface area contributed by atoms with E-state index in [0.717, 1.165) is 16.6 Å². The first-order valence-electron chi connectivity index (χ1n) is 4.95. The second-order valence-electron chi connectivity index (χ2n) is 3.55. The molecule has 4 heteroatoms. The molecular formula is C12H14N2O2. The average Bonchev–Trinajstić information content (AvgIpc) is 2.27. The van der Waals surface area contributed by atoms with Gasteiger partial charge in [0, 0.05) is 11.4 Å². The fourth-order valence-electron chi connectivity index (χ4n) is 1.78. The number of methoxy groups -OCH3 is 2. The van der Waals surface area contributed by atoms with Gasteiger partial charge in [-0.2, -0.15) is 0 Å². The zero-order valence-corrected chi connectivity index (χ0v) is 9.57. The van der Waals surface area contributed by atoms with Crippen LogP contribution in [-0.2, 0) is 0 Å². The molecule has 2 rings (SSSR count). The molecule has 1 heterocycles. The summed E-state index contributed by atoms with van der Waals surface area (Å²) in [5, 5.41) is 0.799. The van der Waals surface area contributed by atoms with Crippen molar-refractivity contribution in [3.8, 4) is 11.5 Å². The molecule has 0 amide bonds. The summed E-state index contributed by atoms with van der Waals surface area (Å²) in [6, 6.07) is 5.48. The predicted molar refractivity (Wildman–Crippen MR) is 64.0 cm³/mol. The lowest BCUT2D eigenvalue weighted by Gasteiger charge is -2.11. The molecule has 0 fully saturated rings. The van der Waals surface area contributed by atoms with E-state index in [2.05, 4.69) is 4.98 Å². The number of anilines is 1. The molecule has 0 bridgehead atoms. The highest BCUT2D eigenvalue weighted by molar-refractivity contribution is 5.99. The van der Waals surface area contributed by atoms with Crippen LogP contribution in [0.25, 0.3) is 10.9 Å². The summed E-state index contributed by atoms with van der Waals surface area (Å²) in [4.78, 5) is 4.43. The molecule has 0 aliphatic rings. The van der Waals surface area contributed by atoms with Crippen molar-refractivity contribution in [2.75, 3.05) is 20.0 Å². The quantitative estimate of drug-likeness (QED) is 0.839. The lowest BCUT2D eigenvalue weighted by atomic mass is 10.1. The second kappa shape index (κ2) is 3.89. The van der Waals surface area contributed by atoms with Crippen LogP contribution in [0.5, 0.6) is 11.5 Å². The number of hydrogen-bond acceptors (Lipinski definition) is 4. The fourth-order valence-corrected chi connectivity index (χ4v) is 1.78. The van der Waals surface area contributed by atoms with Gasteiger partial charge in [-0.25, -0.2) is 4.98 Å². The Morgan fingerprint density at radius 1 is 1.12 bits per heavy atom. The van der Waals surface area contributed by atoms with Crippen molar-refractivity contribution in [2.45, 2.75) is 6.92 Å². The van der Waals surface area contributed by atoms with Crippen LogP contribution < -0.4 is 15.2 Å². The molecule has 0 saturated heterocycles. The Morgan fingerprint density at radius 3 is 2.38 bits per heavy atom. The van der Waals surface area contributed by atoms with Crippen molar-refractivity contribution in [1.29, 1.82) is 0 Å². The number of nitrogens with zero attached hydrogens (tertiary/aromatic N) is 1. The van der Waals surface area contributed by atoms with Gasteiger partial charge in [0.2, 0.25) is 0 Å². The van der Waals surface area contributed by atoms with Gasteiger partial charge in [0.15, 0.2) is 0 Å². The highest BCUT2D eigenvalue weighted by Crippen LogP contribution is 2.35. The van der Waals surface area contributed by atoms with E-state index >= 15 is 0 Å². The van der Waals surface area contributed by atoms with E-state index in [0.29, 0.717) is 17.2 Å². The summed E-state index contributed by atoms with van der Waals surface area (Å²) in [6.07, 6.45) is 0. The number of hydrogen-bond donors (Lipinski definition) is 1. The normalized spacial score (nSPS) is 10.4. The largest absolute Gasteiger partial charge is 0.496 e. The number of fused-ring (bicyclic) bond motifs is 1. The van der Waals surface area contributed by atoms with E-state index in [4.69, 9.17) is 15.2 Å². The van der Waals surface area contributed by atoms with Crippen molar-refractivity contribution in [2.24, 2.45) is 0 Å². The van der Waals surface area contributed by atoms with Crippen LogP contribution in [0.2, 0.25) is 0 Å². The molecule has 0 atom stereocenters. The highest BCUT2D eigenvalue weighted by Gasteiger charge is 2.11. The van der Waals surface area contributed by atoms with E-state index in [1.807, 2.05) is 25.1 Å². The van der Waals surface area contributed by atoms with Gasteiger partial charge in [-0.3, -0.25) is 0 Å². The van der Waals surface area contributed by atoms with Gasteiger partial charge in [-0.15, -0.1) is 0 Å². The summed E-state index contributed by atoms with van der Waals surface area (Å²) >= 11 is 0. The van der Waals surface area contributed by atoms with Crippen LogP contribution in [-0.4, -0.2) is 19.2 Å². The fraction of sp³-hybridized carbons (Fsp3) is 0.250. The maximum Gasteiger partial charge on any atom is 0.145 e. The van der Waals surface area contributed by atoms with Gasteiger partial charge in [0.1, 0.15) is 17.0 Å². The number of nitrogen functional groups attached to an aromatic ring is 1. The molecule has 0 unspecified atom stereocenters. The molecule has 2 aromatic rings. The summed E-state index contributed by atoms with van der Waals surface area (Å²) in [6.45, 7) is 1.90. The zero-order valence-electron chi connectivity index (χ0n) is 9.57. The number of aromatic nitrogens is 1. The number of rotatable bonds is 2. The van der Waals surface area contributed by atoms with Gasteiger partial charge < -0.3 is 15.2 Å². The van der Waals surface area contributed by atoms with Crippen molar-refractivity contribution in [3.05, 3.63) is 23.9 Å². The standard InChI is InChI=1S/C12H14N2O2/c1-7-6-8(13)11-9(15-2)4-5-10(16-3)12(11)14-7/h4-6H,1-3H3,(H2,13,14). The molecule has 1 aromatic carbocycles. The SMILES string of the molecule is COc1ccc(OC)c2c(N)cc(C)nc12. The van der Waals surface area contributed by atoms with Crippen LogP contribution in [0.4, 0.5) is 5.69 Å². The first-order chi connectivity index (χ1) is 7.67. The van der Waals surface area contributed by atoms with Crippen molar-refractivity contribution < 1.29 is 9.47 Å². The van der Waals surface area contributed by atoms with Gasteiger partial charge in [-0.1, -0.05) is 0 Å². The molecule has 2 N–H and O–H groups in total. The van der Waals surface area contributed by atoms with Crippen LogP contribution in [0.1, 0.15) is 5.69 Å². The van der Waals surface area contributed by atoms with Crippen molar-refractivity contribution in [3.63, 3.8) is 0 Å². The van der Waals surface area contributed by atoms with E-state index in [9.17, 15) is 0 Å². The third kappa shape index (κ3) is 1.52. The Kier molecular flexibility index (Phi) is 2.56. The van der Waals surface area contributed by atoms with Gasteiger partial charge in [-0.05, 0) is 25.1 Å². The van der Waals surface area contributed by atoms with Crippen LogP contribution in [0, 0.1) is 6.92 Å². The Bertz CT molecular complexity index is 538. The molecule has 16 heavy (non-hydrogen) atoms. The number of aryl methyl sites for hydroxylation is 1. The first kappa shape index (κ1) is 10.5. The summed E-state index contributed by atoms with van der Waals surface area (Å²) < 4.78 is 10.5. The summed E-state index contributed by atoms with van der Waals surface area (Å²) in [5.41, 5.74) is 8.23. The molecule has 0 spiro atoms. The average molecular weight is 218 g/mol. The van der Waals surface area contributed by atoms with Crippen LogP contribution >= 0.6 is 0 Å². The minimum Gasteiger partial charge on any atom is -0.496 e. The number of pyridine rings is 1. The minimum atomic E-state index is 0.651. The lowest BCUT2D eigenvalue weighted by molar-refractivity contribution is 0.410. The summed E-state index contributed by atoms with van der Waals surface area (Å²) in [5.74, 6) is 1.41. The molecule has 1 aromatic heterocycles. The van der Waals surface area contributed by atoms with Gasteiger partial charge >= 0.3 is 0 Å². The topological polar surface area (TPSA) is 57.4 Å². The Hall–Kier alpha value is -1.97. The third-order valence-electron chi connectivity index (χ3n) is 2.48. The molecule has 0 saturated carbocycles. The van der Waals surface area contributed by atoms with Crippen LogP contribution in [0.15, 0.2) is 18.2 Å². The maximum absolute atomic E-state index is 5.98. The number of benzene rings is 1. The van der Waals surface area contributed by atoms with E-state index in [1.54, 1.807) is 14.2 Å². The molecule has 0 aliphatic carbocycles. The van der Waals surface area contributed by atoms with E-state index in [-0.39, 0.29) is 0 Å². The van der Waals surface area contributed by atoms with Crippen LogP contribution in [0.3, 0.4) is 0 Å². The molecule has 4 nitrogen and oxygen atoms in total. The maximum atomic E-state index is 5.98. The predicted octanol–water partition coefficient (Wildman–Crippen LogP) is 2.14. The Labute approximate surface area is 94.0 Å². The number of nitrogens with two attached hydrogens (primary N) is 1. The highest BCUT2D eigenvalue weighted by atomic mass is 16.5. The molecule has 84 valence electrons. The van der Waals surface area contributed by atoms with Gasteiger partial charge in [0.05, 0.1) is 19.6 Å². The Morgan fingerprint density at radius 2 is 1.75 bits per heavy atom. The summed E-state index contributed by atoms with van der Waals surface area (Å²) in [7, 11) is 3.22. The molecule has 0 radical (unpaired) electrons. The minimum absolute atomic E-state index is 0.651. The first-order valence-corrected chi connectivity index (χ1v) is 4.95. The molecule has 0 aliphatic heterocycles. The zero-order chi connectivity index (χ0) is 11.7.